The highest BCUT2D eigenvalue weighted by Gasteiger charge is 2.11. The zero-order valence-electron chi connectivity index (χ0n) is 19.3. The maximum absolute atomic E-state index is 12.8. The van der Waals surface area contributed by atoms with E-state index >= 15 is 0 Å². The Morgan fingerprint density at radius 3 is 3.00 bits per heavy atom. The Morgan fingerprint density at radius 1 is 1.21 bits per heavy atom. The molecule has 1 amide bonds. The fourth-order valence-electron chi connectivity index (χ4n) is 3.83. The Hall–Kier alpha value is -4.11. The summed E-state index contributed by atoms with van der Waals surface area (Å²) in [5.41, 5.74) is 2.95. The molecule has 0 saturated heterocycles. The van der Waals surface area contributed by atoms with Crippen LogP contribution >= 0.6 is 0 Å². The predicted octanol–water partition coefficient (Wildman–Crippen LogP) is 4.79. The van der Waals surface area contributed by atoms with Crippen LogP contribution < -0.4 is 10.1 Å². The zero-order chi connectivity index (χ0) is 23.6. The van der Waals surface area contributed by atoms with Gasteiger partial charge < -0.3 is 10.1 Å². The molecule has 6 nitrogen and oxygen atoms in total. The summed E-state index contributed by atoms with van der Waals surface area (Å²) in [7, 11) is 1.63. The molecule has 0 bridgehead atoms. The van der Waals surface area contributed by atoms with Gasteiger partial charge in [0.05, 0.1) is 18.4 Å². The van der Waals surface area contributed by atoms with Gasteiger partial charge in [0.2, 0.25) is 0 Å². The molecule has 0 radical (unpaired) electrons. The first-order valence-electron chi connectivity index (χ1n) is 11.5. The average Bonchev–Trinajstić information content (AvgIpc) is 3.29. The van der Waals surface area contributed by atoms with Crippen molar-refractivity contribution >= 4 is 12.1 Å². The number of carbonyl (C=O) groups excluding carboxylic acids is 1. The van der Waals surface area contributed by atoms with E-state index in [2.05, 4.69) is 33.3 Å². The van der Waals surface area contributed by atoms with E-state index in [0.29, 0.717) is 18.0 Å². The lowest BCUT2D eigenvalue weighted by molar-refractivity contribution is 0.0952. The Kier molecular flexibility index (Phi) is 7.91. The summed E-state index contributed by atoms with van der Waals surface area (Å²) in [5.74, 6) is 7.56. The SMILES string of the molecule is COc1cccc(C#Cc2cc(C(=O)NCCCC3C=CN=CCC3)ccc2-n2cccn2)c1. The second kappa shape index (κ2) is 11.7. The number of carbonyl (C=O) groups is 1. The second-order valence-electron chi connectivity index (χ2n) is 8.07. The quantitative estimate of drug-likeness (QED) is 0.414. The molecule has 3 aromatic rings. The molecule has 1 aromatic heterocycles. The maximum Gasteiger partial charge on any atom is 0.251 e. The highest BCUT2D eigenvalue weighted by Crippen LogP contribution is 2.18. The number of rotatable bonds is 7. The van der Waals surface area contributed by atoms with Gasteiger partial charge >= 0.3 is 0 Å². The summed E-state index contributed by atoms with van der Waals surface area (Å²) >= 11 is 0. The number of allylic oxidation sites excluding steroid dienone is 1. The first-order chi connectivity index (χ1) is 16.7. The fourth-order valence-corrected chi connectivity index (χ4v) is 3.83. The van der Waals surface area contributed by atoms with Crippen molar-refractivity contribution in [3.63, 3.8) is 0 Å². The van der Waals surface area contributed by atoms with Crippen LogP contribution in [-0.4, -0.2) is 35.6 Å². The van der Waals surface area contributed by atoms with E-state index in [1.165, 1.54) is 0 Å². The Balaban J connectivity index is 1.47. The summed E-state index contributed by atoms with van der Waals surface area (Å²) in [5, 5.41) is 7.37. The fraction of sp³-hybridized carbons (Fsp3) is 0.250. The molecule has 1 unspecified atom stereocenters. The molecular weight excluding hydrogens is 424 g/mol. The summed E-state index contributed by atoms with van der Waals surface area (Å²) in [6, 6.07) is 15.0. The van der Waals surface area contributed by atoms with Crippen LogP contribution in [0, 0.1) is 17.8 Å². The van der Waals surface area contributed by atoms with Gasteiger partial charge in [-0.3, -0.25) is 9.79 Å². The number of aliphatic imine (C=N–C) groups is 1. The van der Waals surface area contributed by atoms with Crippen molar-refractivity contribution in [3.05, 3.63) is 89.9 Å². The van der Waals surface area contributed by atoms with Crippen molar-refractivity contribution in [1.29, 1.82) is 0 Å². The lowest BCUT2D eigenvalue weighted by Gasteiger charge is -2.11. The Bertz CT molecular complexity index is 1230. The molecule has 4 rings (SSSR count). The molecule has 1 aliphatic heterocycles. The van der Waals surface area contributed by atoms with Crippen molar-refractivity contribution < 1.29 is 9.53 Å². The van der Waals surface area contributed by atoms with Crippen molar-refractivity contribution in [2.75, 3.05) is 13.7 Å². The topological polar surface area (TPSA) is 68.5 Å². The molecule has 6 heteroatoms. The second-order valence-corrected chi connectivity index (χ2v) is 8.07. The molecular formula is C28H28N4O2. The summed E-state index contributed by atoms with van der Waals surface area (Å²) in [6.07, 6.45) is 13.7. The van der Waals surface area contributed by atoms with Crippen LogP contribution in [0.15, 0.2) is 78.2 Å². The summed E-state index contributed by atoms with van der Waals surface area (Å²) < 4.78 is 7.04. The van der Waals surface area contributed by atoms with Crippen LogP contribution in [0.25, 0.3) is 5.69 Å². The van der Waals surface area contributed by atoms with E-state index in [4.69, 9.17) is 4.74 Å². The maximum atomic E-state index is 12.8. The van der Waals surface area contributed by atoms with Crippen molar-refractivity contribution in [2.45, 2.75) is 25.7 Å². The van der Waals surface area contributed by atoms with Crippen LogP contribution in [-0.2, 0) is 0 Å². The minimum absolute atomic E-state index is 0.101. The molecule has 0 spiro atoms. The van der Waals surface area contributed by atoms with Crippen LogP contribution in [0.1, 0.15) is 47.2 Å². The van der Waals surface area contributed by atoms with E-state index in [9.17, 15) is 4.79 Å². The Morgan fingerprint density at radius 2 is 2.15 bits per heavy atom. The van der Waals surface area contributed by atoms with Gasteiger partial charge in [0.1, 0.15) is 5.75 Å². The number of nitrogens with one attached hydrogen (secondary N) is 1. The largest absolute Gasteiger partial charge is 0.497 e. The number of nitrogens with zero attached hydrogens (tertiary/aromatic N) is 3. The molecule has 0 saturated carbocycles. The van der Waals surface area contributed by atoms with Crippen LogP contribution in [0.5, 0.6) is 5.75 Å². The molecule has 1 N–H and O–H groups in total. The number of hydrogen-bond donors (Lipinski definition) is 1. The van der Waals surface area contributed by atoms with Crippen molar-refractivity contribution in [2.24, 2.45) is 10.9 Å². The third-order valence-corrected chi connectivity index (χ3v) is 5.67. The molecule has 2 aromatic carbocycles. The van der Waals surface area contributed by atoms with Gasteiger partial charge in [0.15, 0.2) is 0 Å². The van der Waals surface area contributed by atoms with Gasteiger partial charge in [-0.1, -0.05) is 24.0 Å². The van der Waals surface area contributed by atoms with E-state index in [1.807, 2.05) is 67.1 Å². The average molecular weight is 453 g/mol. The van der Waals surface area contributed by atoms with E-state index in [1.54, 1.807) is 18.0 Å². The normalized spacial score (nSPS) is 14.7. The summed E-state index contributed by atoms with van der Waals surface area (Å²) in [4.78, 5) is 17.0. The van der Waals surface area contributed by atoms with Gasteiger partial charge in [-0.25, -0.2) is 4.68 Å². The lowest BCUT2D eigenvalue weighted by atomic mass is 9.98. The third-order valence-electron chi connectivity index (χ3n) is 5.67. The predicted molar refractivity (Wildman–Crippen MR) is 134 cm³/mol. The monoisotopic (exact) mass is 452 g/mol. The van der Waals surface area contributed by atoms with E-state index < -0.39 is 0 Å². The number of benzene rings is 2. The first-order valence-corrected chi connectivity index (χ1v) is 11.5. The van der Waals surface area contributed by atoms with E-state index in [0.717, 1.165) is 48.2 Å². The number of amides is 1. The molecule has 1 atom stereocenters. The molecule has 34 heavy (non-hydrogen) atoms. The van der Waals surface area contributed by atoms with Crippen molar-refractivity contribution in [1.82, 2.24) is 15.1 Å². The summed E-state index contributed by atoms with van der Waals surface area (Å²) in [6.45, 7) is 0.635. The number of hydrogen-bond acceptors (Lipinski definition) is 4. The number of methoxy groups -OCH3 is 1. The number of aromatic nitrogens is 2. The molecule has 1 aliphatic rings. The zero-order valence-corrected chi connectivity index (χ0v) is 19.3. The standard InChI is InChI=1S/C28H28N4O2/c1-34-26-9-2-6-23(20-26)10-11-24-21-25(12-13-27(24)32-19-5-17-31-32)28(33)30-16-4-8-22-7-3-15-29-18-14-22/h2,5-6,9,12-15,17-22H,3-4,7-8,16H2,1H3,(H,30,33). The minimum Gasteiger partial charge on any atom is -0.497 e. The van der Waals surface area contributed by atoms with Crippen LogP contribution in [0.2, 0.25) is 0 Å². The van der Waals surface area contributed by atoms with Crippen LogP contribution in [0.4, 0.5) is 0 Å². The molecule has 0 aliphatic carbocycles. The third kappa shape index (κ3) is 6.23. The van der Waals surface area contributed by atoms with Gasteiger partial charge in [0, 0.05) is 42.5 Å². The minimum atomic E-state index is -0.101. The van der Waals surface area contributed by atoms with Crippen molar-refractivity contribution in [3.8, 4) is 23.3 Å². The lowest BCUT2D eigenvalue weighted by Crippen LogP contribution is -2.25. The van der Waals surface area contributed by atoms with Gasteiger partial charge in [-0.2, -0.15) is 5.10 Å². The highest BCUT2D eigenvalue weighted by molar-refractivity contribution is 5.95. The Labute approximate surface area is 200 Å². The smallest absolute Gasteiger partial charge is 0.251 e. The van der Waals surface area contributed by atoms with E-state index in [-0.39, 0.29) is 5.91 Å². The highest BCUT2D eigenvalue weighted by atomic mass is 16.5. The van der Waals surface area contributed by atoms with Gasteiger partial charge in [-0.05, 0) is 74.1 Å². The molecule has 2 heterocycles. The number of ether oxygens (including phenoxy) is 1. The first kappa shape index (κ1) is 23.1. The molecule has 0 fully saturated rings. The van der Waals surface area contributed by atoms with Crippen LogP contribution in [0.3, 0.4) is 0 Å². The van der Waals surface area contributed by atoms with Gasteiger partial charge in [-0.15, -0.1) is 0 Å². The molecule has 172 valence electrons. The van der Waals surface area contributed by atoms with Gasteiger partial charge in [0.25, 0.3) is 5.91 Å².